The monoisotopic (exact) mass is 397 g/mol. The molecule has 1 fully saturated rings. The highest BCUT2D eigenvalue weighted by Gasteiger charge is 2.18. The number of allylic oxidation sites excluding steroid dienone is 1. The highest BCUT2D eigenvalue weighted by molar-refractivity contribution is 8.78. The van der Waals surface area contributed by atoms with Crippen LogP contribution in [-0.2, 0) is 16.1 Å². The maximum atomic E-state index is 11.6. The van der Waals surface area contributed by atoms with Gasteiger partial charge in [0.2, 0.25) is 6.41 Å². The van der Waals surface area contributed by atoms with Crippen molar-refractivity contribution in [3.63, 3.8) is 0 Å². The highest BCUT2D eigenvalue weighted by atomic mass is 33.1. The van der Waals surface area contributed by atoms with Crippen molar-refractivity contribution >= 4 is 33.8 Å². The third-order valence-corrected chi connectivity index (χ3v) is 6.79. The normalized spacial score (nSPS) is 17.9. The molecule has 0 spiro atoms. The second kappa shape index (κ2) is 10.8. The summed E-state index contributed by atoms with van der Waals surface area (Å²) in [4.78, 5) is 22.5. The topological polar surface area (TPSA) is 102 Å². The molecule has 0 aliphatic carbocycles. The Labute approximate surface area is 162 Å². The van der Waals surface area contributed by atoms with Gasteiger partial charge in [0.15, 0.2) is 0 Å². The minimum atomic E-state index is 0.0304. The number of ether oxygens (including phenoxy) is 1. The number of anilines is 1. The van der Waals surface area contributed by atoms with Gasteiger partial charge in [0, 0.05) is 47.7 Å². The van der Waals surface area contributed by atoms with Gasteiger partial charge in [-0.05, 0) is 26.7 Å². The maximum absolute atomic E-state index is 11.6. The van der Waals surface area contributed by atoms with Crippen LogP contribution in [0.15, 0.2) is 16.8 Å². The summed E-state index contributed by atoms with van der Waals surface area (Å²) in [6.45, 7) is 4.82. The van der Waals surface area contributed by atoms with Gasteiger partial charge in [-0.3, -0.25) is 4.79 Å². The average Bonchev–Trinajstić information content (AvgIpc) is 3.13. The van der Waals surface area contributed by atoms with E-state index < -0.39 is 0 Å². The van der Waals surface area contributed by atoms with Crippen LogP contribution in [0.5, 0.6) is 0 Å². The Balaban J connectivity index is 2.05. The zero-order valence-electron chi connectivity index (χ0n) is 15.2. The number of amides is 1. The number of nitrogens with zero attached hydrogens (tertiary/aromatic N) is 3. The van der Waals surface area contributed by atoms with Crippen molar-refractivity contribution in [3.05, 3.63) is 28.2 Å². The molecule has 2 heterocycles. The van der Waals surface area contributed by atoms with E-state index in [1.807, 2.05) is 6.92 Å². The number of hydrogen-bond donors (Lipinski definition) is 2. The minimum Gasteiger partial charge on any atom is -0.396 e. The summed E-state index contributed by atoms with van der Waals surface area (Å²) < 4.78 is 5.63. The van der Waals surface area contributed by atoms with Crippen LogP contribution in [0.4, 0.5) is 5.82 Å². The molecule has 1 amide bonds. The SMILES string of the molecule is Cc1ncc(CN(C=O)/C([11CH3])=C(\CCO)SSCC2CCCO2)c(N)n1. The van der Waals surface area contributed by atoms with E-state index in [-0.39, 0.29) is 6.61 Å². The Bertz CT molecular complexity index is 636. The Hall–Kier alpha value is -1.29. The first kappa shape index (κ1) is 21.0. The maximum Gasteiger partial charge on any atom is 0.214 e. The van der Waals surface area contributed by atoms with Crippen LogP contribution in [0.2, 0.25) is 0 Å². The minimum absolute atomic E-state index is 0.0304. The first-order chi connectivity index (χ1) is 12.5. The van der Waals surface area contributed by atoms with Crippen LogP contribution in [0.25, 0.3) is 0 Å². The van der Waals surface area contributed by atoms with E-state index in [4.69, 9.17) is 10.5 Å². The first-order valence-electron chi connectivity index (χ1n) is 8.56. The molecular weight excluding hydrogens is 371 g/mol. The Kier molecular flexibility index (Phi) is 8.70. The van der Waals surface area contributed by atoms with Crippen LogP contribution in [0.1, 0.15) is 37.6 Å². The number of nitrogens with two attached hydrogens (primary N) is 1. The zero-order chi connectivity index (χ0) is 18.9. The van der Waals surface area contributed by atoms with Crippen molar-refractivity contribution in [2.45, 2.75) is 45.8 Å². The van der Waals surface area contributed by atoms with E-state index in [9.17, 15) is 9.90 Å². The molecule has 1 aromatic rings. The fourth-order valence-corrected chi connectivity index (χ4v) is 5.29. The largest absolute Gasteiger partial charge is 0.396 e. The van der Waals surface area contributed by atoms with Gasteiger partial charge < -0.3 is 20.5 Å². The van der Waals surface area contributed by atoms with Gasteiger partial charge in [0.1, 0.15) is 11.6 Å². The molecule has 0 aromatic carbocycles. The van der Waals surface area contributed by atoms with Crippen molar-refractivity contribution in [2.24, 2.45) is 0 Å². The van der Waals surface area contributed by atoms with Crippen LogP contribution in [-0.4, -0.2) is 51.5 Å². The average molecular weight is 398 g/mol. The van der Waals surface area contributed by atoms with Crippen molar-refractivity contribution in [1.29, 1.82) is 0 Å². The van der Waals surface area contributed by atoms with E-state index in [0.717, 1.165) is 42.2 Å². The van der Waals surface area contributed by atoms with E-state index in [2.05, 4.69) is 9.97 Å². The van der Waals surface area contributed by atoms with Crippen molar-refractivity contribution in [2.75, 3.05) is 24.7 Å². The molecule has 144 valence electrons. The number of carbonyl (C=O) groups excluding carboxylic acids is 1. The lowest BCUT2D eigenvalue weighted by atomic mass is 10.1. The number of aliphatic hydroxyl groups is 1. The summed E-state index contributed by atoms with van der Waals surface area (Å²) >= 11 is 0. The highest BCUT2D eigenvalue weighted by Crippen LogP contribution is 2.37. The summed E-state index contributed by atoms with van der Waals surface area (Å²) in [5, 5.41) is 9.39. The van der Waals surface area contributed by atoms with E-state index in [0.29, 0.717) is 36.3 Å². The first-order valence-corrected chi connectivity index (χ1v) is 10.9. The Morgan fingerprint density at radius 1 is 1.58 bits per heavy atom. The predicted octanol–water partition coefficient (Wildman–Crippen LogP) is 2.50. The van der Waals surface area contributed by atoms with E-state index in [1.165, 1.54) is 0 Å². The molecule has 2 rings (SSSR count). The van der Waals surface area contributed by atoms with Gasteiger partial charge in [-0.2, -0.15) is 0 Å². The van der Waals surface area contributed by atoms with Gasteiger partial charge in [-0.15, -0.1) is 0 Å². The van der Waals surface area contributed by atoms with Gasteiger partial charge >= 0.3 is 0 Å². The molecule has 7 nitrogen and oxygen atoms in total. The molecule has 0 radical (unpaired) electrons. The predicted molar refractivity (Wildman–Crippen MR) is 106 cm³/mol. The van der Waals surface area contributed by atoms with E-state index >= 15 is 0 Å². The molecule has 1 aliphatic rings. The summed E-state index contributed by atoms with van der Waals surface area (Å²) in [5.74, 6) is 1.87. The Morgan fingerprint density at radius 3 is 3.00 bits per heavy atom. The number of carbonyl (C=O) groups is 1. The smallest absolute Gasteiger partial charge is 0.214 e. The number of aliphatic hydroxyl groups excluding tert-OH is 1. The van der Waals surface area contributed by atoms with Crippen LogP contribution in [0.3, 0.4) is 0 Å². The molecule has 0 bridgehead atoms. The lowest BCUT2D eigenvalue weighted by molar-refractivity contribution is -0.116. The van der Waals surface area contributed by atoms with Crippen LogP contribution in [0, 0.1) is 6.92 Å². The number of rotatable bonds is 10. The molecule has 9 heteroatoms. The number of aryl methyl sites for hydroxylation is 1. The standard InChI is InChI=1S/C17H26N4O3S2/c1-12(16(5-6-22)26-25-10-15-4-3-7-24-15)21(11-23)9-14-8-19-13(2)20-17(14)18/h8,11,15,22H,3-7,9-10H2,1-2H3,(H2,18,19,20)/b16-12+/i1-1. The summed E-state index contributed by atoms with van der Waals surface area (Å²) in [6, 6.07) is 0. The summed E-state index contributed by atoms with van der Waals surface area (Å²) in [6.07, 6.45) is 5.43. The molecule has 1 atom stereocenters. The second-order valence-corrected chi connectivity index (χ2v) is 8.48. The molecule has 0 saturated carbocycles. The lowest BCUT2D eigenvalue weighted by Gasteiger charge is -2.22. The number of aromatic nitrogens is 2. The number of hydrogen-bond acceptors (Lipinski definition) is 8. The van der Waals surface area contributed by atoms with Gasteiger partial charge in [-0.25, -0.2) is 9.97 Å². The van der Waals surface area contributed by atoms with Crippen LogP contribution >= 0.6 is 21.6 Å². The molecule has 26 heavy (non-hydrogen) atoms. The summed E-state index contributed by atoms with van der Waals surface area (Å²) in [5.41, 5.74) is 7.44. The number of nitrogen functional groups attached to an aromatic ring is 1. The molecule has 3 N–H and O–H groups in total. The molecule has 1 saturated heterocycles. The summed E-state index contributed by atoms with van der Waals surface area (Å²) in [7, 11) is 3.29. The van der Waals surface area contributed by atoms with E-state index in [1.54, 1.807) is 39.6 Å². The Morgan fingerprint density at radius 2 is 2.38 bits per heavy atom. The van der Waals surface area contributed by atoms with Crippen molar-refractivity contribution in [3.8, 4) is 0 Å². The molecular formula is C17H26N4O3S2. The fourth-order valence-electron chi connectivity index (χ4n) is 2.55. The lowest BCUT2D eigenvalue weighted by Crippen LogP contribution is -2.22. The fraction of sp³-hybridized carbons (Fsp3) is 0.588. The van der Waals surface area contributed by atoms with Crippen molar-refractivity contribution in [1.82, 2.24) is 14.9 Å². The molecule has 1 aromatic heterocycles. The van der Waals surface area contributed by atoms with Gasteiger partial charge in [-0.1, -0.05) is 21.6 Å². The third-order valence-electron chi connectivity index (χ3n) is 4.10. The quantitative estimate of drug-likeness (QED) is 0.459. The second-order valence-electron chi connectivity index (χ2n) is 6.05. The van der Waals surface area contributed by atoms with Gasteiger partial charge in [0.05, 0.1) is 12.6 Å². The van der Waals surface area contributed by atoms with Crippen LogP contribution < -0.4 is 5.73 Å². The molecule has 1 aliphatic heterocycles. The van der Waals surface area contributed by atoms with Crippen molar-refractivity contribution < 1.29 is 14.6 Å². The third kappa shape index (κ3) is 6.15. The van der Waals surface area contributed by atoms with Gasteiger partial charge in [0.25, 0.3) is 0 Å². The zero-order valence-corrected chi connectivity index (χ0v) is 16.8. The molecule has 1 unspecified atom stereocenters.